The van der Waals surface area contributed by atoms with Crippen molar-refractivity contribution in [3.05, 3.63) is 120 Å². The molecular formula is C29H23N3O2S. The van der Waals surface area contributed by atoms with Gasteiger partial charge >= 0.3 is 0 Å². The number of nitrogens with one attached hydrogen (secondary N) is 2. The number of fused-ring (bicyclic) bond motifs is 1. The first-order valence-electron chi connectivity index (χ1n) is 11.3. The average Bonchev–Trinajstić information content (AvgIpc) is 3.31. The van der Waals surface area contributed by atoms with Gasteiger partial charge in [-0.05, 0) is 60.1 Å². The van der Waals surface area contributed by atoms with Gasteiger partial charge in [-0.2, -0.15) is 0 Å². The van der Waals surface area contributed by atoms with Gasteiger partial charge in [-0.15, -0.1) is 0 Å². The molecule has 5 nitrogen and oxygen atoms in total. The second kappa shape index (κ2) is 9.91. The molecule has 0 radical (unpaired) electrons. The zero-order valence-corrected chi connectivity index (χ0v) is 19.9. The molecule has 1 aromatic heterocycles. The molecule has 0 fully saturated rings. The molecule has 0 saturated heterocycles. The molecule has 0 atom stereocenters. The number of anilines is 1. The number of benzene rings is 4. The van der Waals surface area contributed by atoms with Gasteiger partial charge in [0, 0.05) is 11.3 Å². The van der Waals surface area contributed by atoms with Gasteiger partial charge in [-0.1, -0.05) is 78.9 Å². The van der Waals surface area contributed by atoms with E-state index in [-0.39, 0.29) is 11.0 Å². The van der Waals surface area contributed by atoms with Gasteiger partial charge in [0.15, 0.2) is 10.7 Å². The van der Waals surface area contributed by atoms with Gasteiger partial charge in [0.05, 0.1) is 5.92 Å². The van der Waals surface area contributed by atoms with Crippen molar-refractivity contribution in [1.82, 2.24) is 10.3 Å². The Kier molecular flexibility index (Phi) is 6.37. The van der Waals surface area contributed by atoms with Crippen LogP contribution in [0.4, 0.5) is 5.69 Å². The van der Waals surface area contributed by atoms with E-state index in [0.717, 1.165) is 39.0 Å². The molecule has 0 aliphatic rings. The first kappa shape index (κ1) is 22.5. The lowest BCUT2D eigenvalue weighted by atomic mass is 9.90. The highest BCUT2D eigenvalue weighted by Crippen LogP contribution is 2.30. The Hall–Kier alpha value is -4.29. The van der Waals surface area contributed by atoms with Gasteiger partial charge in [0.1, 0.15) is 5.52 Å². The zero-order chi connectivity index (χ0) is 24.2. The average molecular weight is 478 g/mol. The number of nitrogens with zero attached hydrogens (tertiary/aromatic N) is 1. The van der Waals surface area contributed by atoms with Crippen molar-refractivity contribution in [3.63, 3.8) is 0 Å². The smallest absolute Gasteiger partial charge is 0.238 e. The van der Waals surface area contributed by atoms with E-state index in [1.54, 1.807) is 0 Å². The van der Waals surface area contributed by atoms with E-state index in [1.807, 2.05) is 110 Å². The molecule has 35 heavy (non-hydrogen) atoms. The minimum atomic E-state index is -0.482. The minimum absolute atomic E-state index is 0.201. The van der Waals surface area contributed by atoms with E-state index in [4.69, 9.17) is 16.6 Å². The molecule has 0 aliphatic heterocycles. The van der Waals surface area contributed by atoms with Crippen molar-refractivity contribution in [3.8, 4) is 11.5 Å². The normalized spacial score (nSPS) is 10.9. The second-order valence-corrected chi connectivity index (χ2v) is 8.57. The number of thiocarbonyl (C=S) groups is 1. The fourth-order valence-electron chi connectivity index (χ4n) is 4.11. The van der Waals surface area contributed by atoms with Crippen LogP contribution in [-0.2, 0) is 4.79 Å². The molecule has 2 N–H and O–H groups in total. The summed E-state index contributed by atoms with van der Waals surface area (Å²) in [6.45, 7) is 1.97. The van der Waals surface area contributed by atoms with Gasteiger partial charge in [-0.3, -0.25) is 4.79 Å². The van der Waals surface area contributed by atoms with Crippen LogP contribution >= 0.6 is 12.2 Å². The van der Waals surface area contributed by atoms with Crippen molar-refractivity contribution in [2.24, 2.45) is 0 Å². The van der Waals surface area contributed by atoms with Crippen LogP contribution in [0.1, 0.15) is 22.6 Å². The first-order chi connectivity index (χ1) is 17.1. The van der Waals surface area contributed by atoms with E-state index in [2.05, 4.69) is 15.6 Å². The molecule has 4 aromatic carbocycles. The van der Waals surface area contributed by atoms with Gasteiger partial charge < -0.3 is 15.1 Å². The molecular weight excluding hydrogens is 454 g/mol. The zero-order valence-electron chi connectivity index (χ0n) is 19.1. The third-order valence-corrected chi connectivity index (χ3v) is 6.08. The second-order valence-electron chi connectivity index (χ2n) is 8.16. The standard InChI is InChI=1S/C29H23N3O2S/c1-19-22(28-30-24-16-8-9-18-25(24)34-28)15-10-17-23(19)31-29(35)32-27(33)26(20-11-4-2-5-12-20)21-13-6-3-7-14-21/h2-18,26H,1H3,(H2,31,32,33,35). The number of para-hydroxylation sites is 2. The lowest BCUT2D eigenvalue weighted by Gasteiger charge is -2.19. The van der Waals surface area contributed by atoms with Crippen molar-refractivity contribution in [1.29, 1.82) is 0 Å². The fourth-order valence-corrected chi connectivity index (χ4v) is 4.32. The predicted molar refractivity (Wildman–Crippen MR) is 143 cm³/mol. The monoisotopic (exact) mass is 477 g/mol. The number of hydrogen-bond acceptors (Lipinski definition) is 4. The summed E-state index contributed by atoms with van der Waals surface area (Å²) < 4.78 is 5.95. The minimum Gasteiger partial charge on any atom is -0.436 e. The third-order valence-electron chi connectivity index (χ3n) is 5.87. The maximum absolute atomic E-state index is 13.4. The van der Waals surface area contributed by atoms with Crippen LogP contribution < -0.4 is 10.6 Å². The topological polar surface area (TPSA) is 67.2 Å². The predicted octanol–water partition coefficient (Wildman–Crippen LogP) is 6.45. The molecule has 1 amide bonds. The number of carbonyl (C=O) groups is 1. The van der Waals surface area contributed by atoms with E-state index < -0.39 is 5.92 Å². The molecule has 0 unspecified atom stereocenters. The Bertz CT molecular complexity index is 1420. The molecule has 5 aromatic rings. The van der Waals surface area contributed by atoms with Crippen molar-refractivity contribution in [2.75, 3.05) is 5.32 Å². The molecule has 0 saturated carbocycles. The first-order valence-corrected chi connectivity index (χ1v) is 11.7. The van der Waals surface area contributed by atoms with Crippen molar-refractivity contribution in [2.45, 2.75) is 12.8 Å². The number of oxazole rings is 1. The fraction of sp³-hybridized carbons (Fsp3) is 0.0690. The summed E-state index contributed by atoms with van der Waals surface area (Å²) in [7, 11) is 0. The maximum Gasteiger partial charge on any atom is 0.238 e. The largest absolute Gasteiger partial charge is 0.436 e. The van der Waals surface area contributed by atoms with E-state index in [0.29, 0.717) is 5.89 Å². The number of amides is 1. The Balaban J connectivity index is 1.37. The Morgan fingerprint density at radius 1 is 0.829 bits per heavy atom. The van der Waals surface area contributed by atoms with Gasteiger partial charge in [0.2, 0.25) is 11.8 Å². The number of carbonyl (C=O) groups excluding carboxylic acids is 1. The quantitative estimate of drug-likeness (QED) is 0.285. The van der Waals surface area contributed by atoms with Crippen LogP contribution in [0.3, 0.4) is 0 Å². The summed E-state index contributed by atoms with van der Waals surface area (Å²) in [6.07, 6.45) is 0. The summed E-state index contributed by atoms with van der Waals surface area (Å²) in [5, 5.41) is 6.28. The number of hydrogen-bond donors (Lipinski definition) is 2. The SMILES string of the molecule is Cc1c(NC(=S)NC(=O)C(c2ccccc2)c2ccccc2)cccc1-c1nc2ccccc2o1. The maximum atomic E-state index is 13.4. The summed E-state index contributed by atoms with van der Waals surface area (Å²) >= 11 is 5.52. The molecule has 6 heteroatoms. The third kappa shape index (κ3) is 4.83. The van der Waals surface area contributed by atoms with Crippen molar-refractivity contribution >= 4 is 40.0 Å². The Morgan fingerprint density at radius 3 is 2.11 bits per heavy atom. The summed E-state index contributed by atoms with van der Waals surface area (Å²) in [5.74, 6) is -0.146. The number of rotatable bonds is 5. The molecule has 0 bridgehead atoms. The van der Waals surface area contributed by atoms with Gasteiger partial charge in [0.25, 0.3) is 0 Å². The summed E-state index contributed by atoms with van der Waals surface area (Å²) in [5.41, 5.74) is 5.87. The molecule has 1 heterocycles. The summed E-state index contributed by atoms with van der Waals surface area (Å²) in [4.78, 5) is 18.0. The number of aromatic nitrogens is 1. The Morgan fingerprint density at radius 2 is 1.46 bits per heavy atom. The van der Waals surface area contributed by atoms with Crippen LogP contribution in [0, 0.1) is 6.92 Å². The Labute approximate surface area is 208 Å². The molecule has 0 aliphatic carbocycles. The lowest BCUT2D eigenvalue weighted by Crippen LogP contribution is -2.38. The highest BCUT2D eigenvalue weighted by molar-refractivity contribution is 7.80. The summed E-state index contributed by atoms with van der Waals surface area (Å²) in [6, 6.07) is 32.8. The van der Waals surface area contributed by atoms with Crippen LogP contribution in [0.25, 0.3) is 22.6 Å². The van der Waals surface area contributed by atoms with Crippen LogP contribution in [0.2, 0.25) is 0 Å². The van der Waals surface area contributed by atoms with Crippen LogP contribution in [0.5, 0.6) is 0 Å². The van der Waals surface area contributed by atoms with Gasteiger partial charge in [-0.25, -0.2) is 4.98 Å². The van der Waals surface area contributed by atoms with Crippen LogP contribution in [0.15, 0.2) is 108 Å². The van der Waals surface area contributed by atoms with E-state index in [9.17, 15) is 4.79 Å². The molecule has 5 rings (SSSR count). The van der Waals surface area contributed by atoms with Crippen LogP contribution in [-0.4, -0.2) is 16.0 Å². The highest BCUT2D eigenvalue weighted by atomic mass is 32.1. The van der Waals surface area contributed by atoms with Crippen molar-refractivity contribution < 1.29 is 9.21 Å². The lowest BCUT2D eigenvalue weighted by molar-refractivity contribution is -0.120. The molecule has 0 spiro atoms. The molecule has 172 valence electrons. The highest BCUT2D eigenvalue weighted by Gasteiger charge is 2.23. The van der Waals surface area contributed by atoms with E-state index in [1.165, 1.54) is 0 Å². The van der Waals surface area contributed by atoms with E-state index >= 15 is 0 Å².